The third-order valence-corrected chi connectivity index (χ3v) is 4.77. The Kier molecular flexibility index (Phi) is 6.30. The number of hydrogen-bond acceptors (Lipinski definition) is 4. The van der Waals surface area contributed by atoms with E-state index in [9.17, 15) is 9.59 Å². The van der Waals surface area contributed by atoms with Crippen molar-refractivity contribution in [3.8, 4) is 0 Å². The van der Waals surface area contributed by atoms with Crippen LogP contribution >= 0.6 is 0 Å². The number of pyridine rings is 1. The molecule has 154 valence electrons. The van der Waals surface area contributed by atoms with Gasteiger partial charge in [-0.25, -0.2) is 5.48 Å². The Balaban J connectivity index is 1.28. The monoisotopic (exact) mass is 411 g/mol. The van der Waals surface area contributed by atoms with Gasteiger partial charge in [-0.05, 0) is 35.4 Å². The van der Waals surface area contributed by atoms with E-state index in [1.807, 2.05) is 60.7 Å². The summed E-state index contributed by atoms with van der Waals surface area (Å²) in [5, 5.41) is 3.79. The maximum absolute atomic E-state index is 12.4. The van der Waals surface area contributed by atoms with E-state index < -0.39 is 0 Å². The summed E-state index contributed by atoms with van der Waals surface area (Å²) in [6, 6.07) is 26.0. The topological polar surface area (TPSA) is 80.3 Å². The molecule has 2 N–H and O–H groups in total. The SMILES string of the molecule is O=C(NCc1ccc(C(=O)NOCc2ccccc2)cc1)c1cnc2ccccc2c1. The van der Waals surface area contributed by atoms with E-state index in [2.05, 4.69) is 15.8 Å². The Bertz CT molecular complexity index is 1190. The largest absolute Gasteiger partial charge is 0.348 e. The van der Waals surface area contributed by atoms with Crippen molar-refractivity contribution in [2.75, 3.05) is 0 Å². The minimum Gasteiger partial charge on any atom is -0.348 e. The molecule has 0 aliphatic carbocycles. The van der Waals surface area contributed by atoms with Crippen LogP contribution in [0.1, 0.15) is 31.8 Å². The maximum Gasteiger partial charge on any atom is 0.274 e. The van der Waals surface area contributed by atoms with Gasteiger partial charge in [-0.2, -0.15) is 0 Å². The number of hydroxylamine groups is 1. The number of carbonyl (C=O) groups is 2. The smallest absolute Gasteiger partial charge is 0.274 e. The Labute approximate surface area is 179 Å². The highest BCUT2D eigenvalue weighted by Gasteiger charge is 2.09. The lowest BCUT2D eigenvalue weighted by Crippen LogP contribution is -2.24. The Morgan fingerprint density at radius 2 is 1.52 bits per heavy atom. The number of amides is 2. The lowest BCUT2D eigenvalue weighted by atomic mass is 10.1. The van der Waals surface area contributed by atoms with E-state index in [0.717, 1.165) is 22.0 Å². The van der Waals surface area contributed by atoms with Gasteiger partial charge < -0.3 is 5.32 Å². The summed E-state index contributed by atoms with van der Waals surface area (Å²) in [6.07, 6.45) is 1.57. The second-order valence-electron chi connectivity index (χ2n) is 7.00. The summed E-state index contributed by atoms with van der Waals surface area (Å²) in [4.78, 5) is 34.2. The fraction of sp³-hybridized carbons (Fsp3) is 0.0800. The summed E-state index contributed by atoms with van der Waals surface area (Å²) in [5.41, 5.74) is 6.11. The predicted molar refractivity (Wildman–Crippen MR) is 118 cm³/mol. The molecule has 1 aromatic heterocycles. The molecule has 0 atom stereocenters. The zero-order valence-electron chi connectivity index (χ0n) is 16.7. The lowest BCUT2D eigenvalue weighted by Gasteiger charge is -2.08. The molecule has 0 bridgehead atoms. The van der Waals surface area contributed by atoms with Gasteiger partial charge in [0.1, 0.15) is 0 Å². The summed E-state index contributed by atoms with van der Waals surface area (Å²) in [6.45, 7) is 0.637. The van der Waals surface area contributed by atoms with Gasteiger partial charge in [0.15, 0.2) is 0 Å². The van der Waals surface area contributed by atoms with Crippen molar-refractivity contribution < 1.29 is 14.4 Å². The first kappa shape index (κ1) is 20.3. The van der Waals surface area contributed by atoms with Gasteiger partial charge in [0.25, 0.3) is 11.8 Å². The third-order valence-electron chi connectivity index (χ3n) is 4.77. The van der Waals surface area contributed by atoms with E-state index >= 15 is 0 Å². The average Bonchev–Trinajstić information content (AvgIpc) is 2.83. The second-order valence-corrected chi connectivity index (χ2v) is 7.00. The molecule has 6 nitrogen and oxygen atoms in total. The Morgan fingerprint density at radius 3 is 2.32 bits per heavy atom. The van der Waals surface area contributed by atoms with E-state index in [1.54, 1.807) is 30.5 Å². The standard InChI is InChI=1S/C25H21N3O3/c29-24(22-14-21-8-4-5-9-23(21)26-16-22)27-15-18-10-12-20(13-11-18)25(30)28-31-17-19-6-2-1-3-7-19/h1-14,16H,15,17H2,(H,27,29)(H,28,30). The zero-order valence-corrected chi connectivity index (χ0v) is 16.7. The summed E-state index contributed by atoms with van der Waals surface area (Å²) in [7, 11) is 0. The normalized spacial score (nSPS) is 10.6. The number of fused-ring (bicyclic) bond motifs is 1. The minimum absolute atomic E-state index is 0.200. The minimum atomic E-state index is -0.325. The number of aromatic nitrogens is 1. The first-order valence-corrected chi connectivity index (χ1v) is 9.87. The maximum atomic E-state index is 12.4. The molecule has 0 unspecified atom stereocenters. The van der Waals surface area contributed by atoms with Crippen LogP contribution in [0.15, 0.2) is 91.1 Å². The zero-order chi connectivity index (χ0) is 21.5. The quantitative estimate of drug-likeness (QED) is 0.450. The van der Waals surface area contributed by atoms with Crippen molar-refractivity contribution in [3.63, 3.8) is 0 Å². The van der Waals surface area contributed by atoms with Crippen LogP contribution in [0.25, 0.3) is 10.9 Å². The third kappa shape index (κ3) is 5.32. The van der Waals surface area contributed by atoms with Gasteiger partial charge >= 0.3 is 0 Å². The van der Waals surface area contributed by atoms with E-state index in [-0.39, 0.29) is 11.8 Å². The van der Waals surface area contributed by atoms with Gasteiger partial charge in [-0.3, -0.25) is 19.4 Å². The first-order valence-electron chi connectivity index (χ1n) is 9.87. The van der Waals surface area contributed by atoms with Crippen molar-refractivity contribution in [1.82, 2.24) is 15.8 Å². The second kappa shape index (κ2) is 9.65. The highest BCUT2D eigenvalue weighted by molar-refractivity contribution is 5.97. The number of benzene rings is 3. The van der Waals surface area contributed by atoms with Gasteiger partial charge in [-0.1, -0.05) is 60.7 Å². The summed E-state index contributed by atoms with van der Waals surface area (Å²) >= 11 is 0. The molecule has 0 spiro atoms. The molecule has 0 radical (unpaired) electrons. The molecular weight excluding hydrogens is 390 g/mol. The van der Waals surface area contributed by atoms with Crippen LogP contribution in [-0.2, 0) is 18.0 Å². The van der Waals surface area contributed by atoms with Crippen LogP contribution in [0.4, 0.5) is 0 Å². The Hall–Kier alpha value is -4.03. The number of carbonyl (C=O) groups excluding carboxylic acids is 2. The molecule has 0 aliphatic rings. The van der Waals surface area contributed by atoms with E-state index in [4.69, 9.17) is 4.84 Å². The van der Waals surface area contributed by atoms with Crippen LogP contribution in [0.2, 0.25) is 0 Å². The van der Waals surface area contributed by atoms with Crippen molar-refractivity contribution in [2.45, 2.75) is 13.2 Å². The number of nitrogens with zero attached hydrogens (tertiary/aromatic N) is 1. The molecule has 31 heavy (non-hydrogen) atoms. The summed E-state index contributed by atoms with van der Waals surface area (Å²) in [5.74, 6) is -0.525. The van der Waals surface area contributed by atoms with Crippen LogP contribution < -0.4 is 10.8 Å². The lowest BCUT2D eigenvalue weighted by molar-refractivity contribution is 0.0233. The van der Waals surface area contributed by atoms with Crippen LogP contribution in [0, 0.1) is 0 Å². The first-order chi connectivity index (χ1) is 15.2. The highest BCUT2D eigenvalue weighted by Crippen LogP contribution is 2.13. The molecule has 0 fully saturated rings. The van der Waals surface area contributed by atoms with Crippen molar-refractivity contribution in [1.29, 1.82) is 0 Å². The molecule has 0 saturated heterocycles. The number of hydrogen-bond donors (Lipinski definition) is 2. The van der Waals surface area contributed by atoms with Gasteiger partial charge in [0.05, 0.1) is 17.7 Å². The van der Waals surface area contributed by atoms with Crippen molar-refractivity contribution >= 4 is 22.7 Å². The molecular formula is C25H21N3O3. The van der Waals surface area contributed by atoms with Crippen molar-refractivity contribution in [2.24, 2.45) is 0 Å². The predicted octanol–water partition coefficient (Wildman–Crippen LogP) is 4.03. The van der Waals surface area contributed by atoms with Crippen molar-refractivity contribution in [3.05, 3.63) is 113 Å². The van der Waals surface area contributed by atoms with E-state index in [0.29, 0.717) is 24.3 Å². The summed E-state index contributed by atoms with van der Waals surface area (Å²) < 4.78 is 0. The molecule has 6 heteroatoms. The average molecular weight is 411 g/mol. The van der Waals surface area contributed by atoms with Gasteiger partial charge in [0, 0.05) is 23.7 Å². The van der Waals surface area contributed by atoms with Crippen LogP contribution in [-0.4, -0.2) is 16.8 Å². The molecule has 4 aromatic rings. The highest BCUT2D eigenvalue weighted by atomic mass is 16.6. The molecule has 4 rings (SSSR count). The molecule has 2 amide bonds. The fourth-order valence-corrected chi connectivity index (χ4v) is 3.07. The van der Waals surface area contributed by atoms with Gasteiger partial charge in [0.2, 0.25) is 0 Å². The van der Waals surface area contributed by atoms with Crippen LogP contribution in [0.5, 0.6) is 0 Å². The number of nitrogens with one attached hydrogen (secondary N) is 2. The van der Waals surface area contributed by atoms with E-state index in [1.165, 1.54) is 0 Å². The van der Waals surface area contributed by atoms with Crippen LogP contribution in [0.3, 0.4) is 0 Å². The molecule has 0 aliphatic heterocycles. The number of rotatable bonds is 7. The molecule has 1 heterocycles. The number of para-hydroxylation sites is 1. The fourth-order valence-electron chi connectivity index (χ4n) is 3.07. The Morgan fingerprint density at radius 1 is 0.774 bits per heavy atom. The molecule has 0 saturated carbocycles. The van der Waals surface area contributed by atoms with Gasteiger partial charge in [-0.15, -0.1) is 0 Å². The molecule has 3 aromatic carbocycles.